The molecule has 0 saturated heterocycles. The number of benzene rings is 2. The number of aryl methyl sites for hydroxylation is 2. The molecule has 0 radical (unpaired) electrons. The fraction of sp³-hybridized carbons (Fsp3) is 0.238. The lowest BCUT2D eigenvalue weighted by molar-refractivity contribution is 0.102. The Hall–Kier alpha value is -2.84. The van der Waals surface area contributed by atoms with E-state index in [0.717, 1.165) is 0 Å². The molecule has 1 N–H and O–H groups in total. The third-order valence-corrected chi connectivity index (χ3v) is 6.97. The smallest absolute Gasteiger partial charge is 0.265 e. The monoisotopic (exact) mass is 447 g/mol. The zero-order chi connectivity index (χ0) is 21.9. The average Bonchev–Trinajstić information content (AvgIpc) is 3.11. The summed E-state index contributed by atoms with van der Waals surface area (Å²) >= 11 is 6.23. The number of halogens is 1. The van der Waals surface area contributed by atoms with E-state index in [9.17, 15) is 13.2 Å². The maximum Gasteiger partial charge on any atom is 0.265 e. The quantitative estimate of drug-likeness (QED) is 0.568. The highest BCUT2D eigenvalue weighted by Crippen LogP contribution is 2.31. The fourth-order valence-electron chi connectivity index (χ4n) is 3.13. The van der Waals surface area contributed by atoms with E-state index in [1.54, 1.807) is 44.2 Å². The highest BCUT2D eigenvalue weighted by molar-refractivity contribution is 7.93. The van der Waals surface area contributed by atoms with Gasteiger partial charge in [-0.15, -0.1) is 0 Å². The Balaban J connectivity index is 1.97. The summed E-state index contributed by atoms with van der Waals surface area (Å²) in [4.78, 5) is 12.6. The zero-order valence-electron chi connectivity index (χ0n) is 16.8. The molecule has 0 aliphatic heterocycles. The van der Waals surface area contributed by atoms with Crippen molar-refractivity contribution in [3.8, 4) is 0 Å². The highest BCUT2D eigenvalue weighted by Gasteiger charge is 2.27. The van der Waals surface area contributed by atoms with Gasteiger partial charge in [-0.3, -0.25) is 9.10 Å². The van der Waals surface area contributed by atoms with Crippen LogP contribution in [-0.2, 0) is 16.4 Å². The molecule has 0 fully saturated rings. The largest absolute Gasteiger partial charge is 0.361 e. The summed E-state index contributed by atoms with van der Waals surface area (Å²) < 4.78 is 33.0. The van der Waals surface area contributed by atoms with Gasteiger partial charge < -0.3 is 9.84 Å². The molecule has 1 aromatic heterocycles. The summed E-state index contributed by atoms with van der Waals surface area (Å²) in [5, 5.41) is 6.66. The van der Waals surface area contributed by atoms with Gasteiger partial charge in [0.1, 0.15) is 16.2 Å². The van der Waals surface area contributed by atoms with Crippen LogP contribution in [0.25, 0.3) is 0 Å². The number of carbonyl (C=O) groups is 1. The number of sulfonamides is 1. The Morgan fingerprint density at radius 1 is 1.17 bits per heavy atom. The minimum atomic E-state index is -3.95. The van der Waals surface area contributed by atoms with Crippen LogP contribution >= 0.6 is 11.6 Å². The normalized spacial score (nSPS) is 11.3. The van der Waals surface area contributed by atoms with Gasteiger partial charge in [0.05, 0.1) is 16.4 Å². The summed E-state index contributed by atoms with van der Waals surface area (Å²) in [5.74, 6) is -0.0286. The van der Waals surface area contributed by atoms with Crippen LogP contribution < -0.4 is 9.62 Å². The number of hydrogen-bond donors (Lipinski definition) is 1. The van der Waals surface area contributed by atoms with Gasteiger partial charge in [-0.1, -0.05) is 41.9 Å². The van der Waals surface area contributed by atoms with Gasteiger partial charge in [0.2, 0.25) is 0 Å². The van der Waals surface area contributed by atoms with Crippen LogP contribution in [0.5, 0.6) is 0 Å². The molecule has 9 heteroatoms. The molecular weight excluding hydrogens is 426 g/mol. The van der Waals surface area contributed by atoms with Crippen molar-refractivity contribution in [2.24, 2.45) is 0 Å². The molecule has 3 aromatic rings. The van der Waals surface area contributed by atoms with E-state index in [4.69, 9.17) is 16.1 Å². The van der Waals surface area contributed by atoms with Crippen LogP contribution in [0.2, 0.25) is 5.02 Å². The third kappa shape index (κ3) is 4.20. The summed E-state index contributed by atoms with van der Waals surface area (Å²) in [5.41, 5.74) is 1.71. The summed E-state index contributed by atoms with van der Waals surface area (Å²) in [6.45, 7) is 5.48. The first-order valence-electron chi connectivity index (χ1n) is 9.43. The Morgan fingerprint density at radius 3 is 2.50 bits per heavy atom. The molecule has 0 aliphatic carbocycles. The highest BCUT2D eigenvalue weighted by atomic mass is 35.5. The minimum absolute atomic E-state index is 0.0674. The number of hydrogen-bond acceptors (Lipinski definition) is 5. The fourth-order valence-corrected chi connectivity index (χ4v) is 5.10. The van der Waals surface area contributed by atoms with Gasteiger partial charge in [-0.05, 0) is 50.6 Å². The molecule has 0 bridgehead atoms. The minimum Gasteiger partial charge on any atom is -0.361 e. The lowest BCUT2D eigenvalue weighted by Crippen LogP contribution is -2.31. The van der Waals surface area contributed by atoms with Crippen molar-refractivity contribution < 1.29 is 17.7 Å². The van der Waals surface area contributed by atoms with E-state index >= 15 is 0 Å². The van der Waals surface area contributed by atoms with E-state index in [2.05, 4.69) is 10.5 Å². The van der Waals surface area contributed by atoms with Gasteiger partial charge in [0.25, 0.3) is 15.9 Å². The number of carbonyl (C=O) groups excluding carboxylic acids is 1. The van der Waals surface area contributed by atoms with E-state index in [-0.39, 0.29) is 16.5 Å². The number of para-hydroxylation sites is 1. The van der Waals surface area contributed by atoms with E-state index < -0.39 is 15.9 Å². The van der Waals surface area contributed by atoms with Crippen molar-refractivity contribution in [2.45, 2.75) is 32.1 Å². The molecule has 3 rings (SSSR count). The molecule has 1 heterocycles. The zero-order valence-corrected chi connectivity index (χ0v) is 18.4. The van der Waals surface area contributed by atoms with Crippen molar-refractivity contribution in [3.63, 3.8) is 0 Å². The summed E-state index contributed by atoms with van der Waals surface area (Å²) in [7, 11) is -3.95. The van der Waals surface area contributed by atoms with Crippen LogP contribution in [0, 0.1) is 6.92 Å². The lowest BCUT2D eigenvalue weighted by Gasteiger charge is -2.23. The first kappa shape index (κ1) is 21.9. The molecule has 1 amide bonds. The summed E-state index contributed by atoms with van der Waals surface area (Å²) in [6.07, 6.45) is 0.531. The molecule has 30 heavy (non-hydrogen) atoms. The Bertz CT molecular complexity index is 1160. The standard InChI is InChI=1S/C21H22ClN3O4S/c1-4-18-20(14(3)29-24-18)21(26)23-15-11-12-17(22)19(13-15)30(27,28)25(5-2)16-9-7-6-8-10-16/h6-13H,4-5H2,1-3H3,(H,23,26). The Kier molecular flexibility index (Phi) is 6.48. The van der Waals surface area contributed by atoms with Crippen molar-refractivity contribution in [1.29, 1.82) is 0 Å². The molecule has 0 saturated carbocycles. The van der Waals surface area contributed by atoms with Crippen molar-refractivity contribution in [3.05, 3.63) is 70.6 Å². The third-order valence-electron chi connectivity index (χ3n) is 4.58. The second-order valence-electron chi connectivity index (χ2n) is 6.52. The van der Waals surface area contributed by atoms with E-state index in [1.165, 1.54) is 16.4 Å². The maximum absolute atomic E-state index is 13.3. The van der Waals surface area contributed by atoms with Gasteiger partial charge in [0, 0.05) is 12.2 Å². The van der Waals surface area contributed by atoms with Gasteiger partial charge in [-0.2, -0.15) is 0 Å². The molecule has 0 aliphatic rings. The number of rotatable bonds is 7. The number of anilines is 2. The number of nitrogens with one attached hydrogen (secondary N) is 1. The topological polar surface area (TPSA) is 92.5 Å². The van der Waals surface area contributed by atoms with Crippen molar-refractivity contribution >= 4 is 38.9 Å². The van der Waals surface area contributed by atoms with Crippen LogP contribution in [0.15, 0.2) is 57.9 Å². The first-order chi connectivity index (χ1) is 14.3. The summed E-state index contributed by atoms with van der Waals surface area (Å²) in [6, 6.07) is 13.1. The van der Waals surface area contributed by atoms with Crippen LogP contribution in [-0.4, -0.2) is 26.0 Å². The number of amides is 1. The predicted octanol–water partition coefficient (Wildman–Crippen LogP) is 4.67. The van der Waals surface area contributed by atoms with Gasteiger partial charge in [0.15, 0.2) is 0 Å². The van der Waals surface area contributed by atoms with Gasteiger partial charge in [-0.25, -0.2) is 8.42 Å². The molecule has 0 unspecified atom stereocenters. The molecule has 0 atom stereocenters. The molecule has 0 spiro atoms. The van der Waals surface area contributed by atoms with Gasteiger partial charge >= 0.3 is 0 Å². The first-order valence-corrected chi connectivity index (χ1v) is 11.2. The van der Waals surface area contributed by atoms with Crippen molar-refractivity contribution in [1.82, 2.24) is 5.16 Å². The molecule has 7 nitrogen and oxygen atoms in total. The van der Waals surface area contributed by atoms with Crippen LogP contribution in [0.3, 0.4) is 0 Å². The number of aromatic nitrogens is 1. The SMILES string of the molecule is CCc1noc(C)c1C(=O)Nc1ccc(Cl)c(S(=O)(=O)N(CC)c2ccccc2)c1. The maximum atomic E-state index is 13.3. The van der Waals surface area contributed by atoms with E-state index in [0.29, 0.717) is 34.8 Å². The number of nitrogens with zero attached hydrogens (tertiary/aromatic N) is 2. The molecular formula is C21H22ClN3O4S. The second-order valence-corrected chi connectivity index (χ2v) is 8.76. The molecule has 2 aromatic carbocycles. The molecule has 158 valence electrons. The van der Waals surface area contributed by atoms with E-state index in [1.807, 2.05) is 13.0 Å². The Labute approximate surface area is 180 Å². The van der Waals surface area contributed by atoms with Crippen LogP contribution in [0.1, 0.15) is 35.7 Å². The van der Waals surface area contributed by atoms with Crippen molar-refractivity contribution in [2.75, 3.05) is 16.2 Å². The second kappa shape index (κ2) is 8.89. The lowest BCUT2D eigenvalue weighted by atomic mass is 10.1. The Morgan fingerprint density at radius 2 is 1.87 bits per heavy atom. The predicted molar refractivity (Wildman–Crippen MR) is 117 cm³/mol. The average molecular weight is 448 g/mol. The van der Waals surface area contributed by atoms with Crippen LogP contribution in [0.4, 0.5) is 11.4 Å².